The Morgan fingerprint density at radius 2 is 1.70 bits per heavy atom. The molecule has 2 aromatic carbocycles. The maximum absolute atomic E-state index is 5.70. The van der Waals surface area contributed by atoms with Gasteiger partial charge in [0.25, 0.3) is 0 Å². The molecule has 0 bridgehead atoms. The van der Waals surface area contributed by atoms with Crippen LogP contribution in [0.3, 0.4) is 0 Å². The minimum Gasteiger partial charge on any atom is -0.493 e. The number of aliphatic imine (C=N–C) groups is 1. The molecule has 2 rings (SSSR count). The maximum Gasteiger partial charge on any atom is 0.191 e. The van der Waals surface area contributed by atoms with Gasteiger partial charge in [-0.25, -0.2) is 4.99 Å². The van der Waals surface area contributed by atoms with Crippen LogP contribution in [0.2, 0.25) is 0 Å². The van der Waals surface area contributed by atoms with Gasteiger partial charge in [-0.15, -0.1) is 0 Å². The summed E-state index contributed by atoms with van der Waals surface area (Å²) in [7, 11) is 3.30. The molecule has 0 aliphatic rings. The fourth-order valence-electron chi connectivity index (χ4n) is 2.95. The van der Waals surface area contributed by atoms with Crippen molar-refractivity contribution in [3.8, 4) is 11.5 Å². The lowest BCUT2D eigenvalue weighted by molar-refractivity contribution is 0.0657. The van der Waals surface area contributed by atoms with Crippen molar-refractivity contribution in [3.63, 3.8) is 0 Å². The zero-order chi connectivity index (χ0) is 21.8. The molecule has 164 valence electrons. The SMILES string of the molecule is CCNC(=NCc1cccc(COC(C)C)c1)NCCc1ccc(OC)c(OC)c1. The minimum atomic E-state index is 0.224. The maximum atomic E-state index is 5.70. The van der Waals surface area contributed by atoms with Crippen molar-refractivity contribution in [3.05, 3.63) is 59.2 Å². The lowest BCUT2D eigenvalue weighted by atomic mass is 10.1. The van der Waals surface area contributed by atoms with Gasteiger partial charge >= 0.3 is 0 Å². The molecule has 0 saturated carbocycles. The van der Waals surface area contributed by atoms with Gasteiger partial charge in [0.1, 0.15) is 0 Å². The van der Waals surface area contributed by atoms with Crippen LogP contribution in [0, 0.1) is 0 Å². The van der Waals surface area contributed by atoms with Crippen LogP contribution in [0.5, 0.6) is 11.5 Å². The number of guanidine groups is 1. The van der Waals surface area contributed by atoms with Gasteiger partial charge < -0.3 is 24.8 Å². The van der Waals surface area contributed by atoms with Crippen molar-refractivity contribution in [2.45, 2.75) is 46.4 Å². The highest BCUT2D eigenvalue weighted by Crippen LogP contribution is 2.27. The van der Waals surface area contributed by atoms with E-state index in [1.54, 1.807) is 14.2 Å². The third-order valence-corrected chi connectivity index (χ3v) is 4.49. The van der Waals surface area contributed by atoms with Gasteiger partial charge in [-0.2, -0.15) is 0 Å². The summed E-state index contributed by atoms with van der Waals surface area (Å²) >= 11 is 0. The zero-order valence-corrected chi connectivity index (χ0v) is 18.8. The van der Waals surface area contributed by atoms with Gasteiger partial charge in [-0.1, -0.05) is 30.3 Å². The lowest BCUT2D eigenvalue weighted by Crippen LogP contribution is -2.38. The fraction of sp³-hybridized carbons (Fsp3) is 0.458. The van der Waals surface area contributed by atoms with Gasteiger partial charge in [-0.3, -0.25) is 0 Å². The molecule has 2 N–H and O–H groups in total. The number of nitrogens with zero attached hydrogens (tertiary/aromatic N) is 1. The van der Waals surface area contributed by atoms with Gasteiger partial charge in [0.15, 0.2) is 17.5 Å². The summed E-state index contributed by atoms with van der Waals surface area (Å²) in [6.07, 6.45) is 1.08. The first kappa shape index (κ1) is 23.5. The number of hydrogen-bond acceptors (Lipinski definition) is 4. The number of nitrogens with one attached hydrogen (secondary N) is 2. The summed E-state index contributed by atoms with van der Waals surface area (Å²) in [4.78, 5) is 4.72. The molecular weight excluding hydrogens is 378 g/mol. The van der Waals surface area contributed by atoms with Crippen LogP contribution in [-0.2, 0) is 24.3 Å². The van der Waals surface area contributed by atoms with Gasteiger partial charge in [0.2, 0.25) is 0 Å². The smallest absolute Gasteiger partial charge is 0.191 e. The average molecular weight is 414 g/mol. The van der Waals surface area contributed by atoms with Crippen LogP contribution >= 0.6 is 0 Å². The van der Waals surface area contributed by atoms with E-state index in [0.29, 0.717) is 13.2 Å². The van der Waals surface area contributed by atoms with Crippen LogP contribution in [0.25, 0.3) is 0 Å². The van der Waals surface area contributed by atoms with E-state index in [1.807, 2.05) is 26.0 Å². The molecule has 0 saturated heterocycles. The van der Waals surface area contributed by atoms with E-state index in [1.165, 1.54) is 11.1 Å². The molecule has 6 nitrogen and oxygen atoms in total. The number of hydrogen-bond donors (Lipinski definition) is 2. The molecular formula is C24H35N3O3. The number of rotatable bonds is 11. The van der Waals surface area contributed by atoms with Gasteiger partial charge in [0, 0.05) is 13.1 Å². The summed E-state index contributed by atoms with van der Waals surface area (Å²) < 4.78 is 16.4. The summed E-state index contributed by atoms with van der Waals surface area (Å²) in [5.74, 6) is 2.30. The molecule has 0 heterocycles. The monoisotopic (exact) mass is 413 g/mol. The number of ether oxygens (including phenoxy) is 3. The van der Waals surface area contributed by atoms with Gasteiger partial charge in [0.05, 0.1) is 33.5 Å². The van der Waals surface area contributed by atoms with E-state index in [-0.39, 0.29) is 6.10 Å². The Hall–Kier alpha value is -2.73. The van der Waals surface area contributed by atoms with Crippen molar-refractivity contribution in [2.75, 3.05) is 27.3 Å². The number of benzene rings is 2. The van der Waals surface area contributed by atoms with Crippen LogP contribution in [0.1, 0.15) is 37.5 Å². The molecule has 30 heavy (non-hydrogen) atoms. The van der Waals surface area contributed by atoms with Crippen molar-refractivity contribution in [1.82, 2.24) is 10.6 Å². The Morgan fingerprint density at radius 1 is 0.933 bits per heavy atom. The molecule has 0 spiro atoms. The first-order valence-corrected chi connectivity index (χ1v) is 10.5. The number of methoxy groups -OCH3 is 2. The molecule has 0 amide bonds. The Balaban J connectivity index is 1.92. The quantitative estimate of drug-likeness (QED) is 0.432. The van der Waals surface area contributed by atoms with Crippen molar-refractivity contribution >= 4 is 5.96 Å². The second-order valence-electron chi connectivity index (χ2n) is 7.24. The van der Waals surface area contributed by atoms with E-state index in [4.69, 9.17) is 19.2 Å². The highest BCUT2D eigenvalue weighted by Gasteiger charge is 2.05. The van der Waals surface area contributed by atoms with E-state index < -0.39 is 0 Å². The predicted molar refractivity (Wildman–Crippen MR) is 122 cm³/mol. The van der Waals surface area contributed by atoms with Crippen LogP contribution < -0.4 is 20.1 Å². The zero-order valence-electron chi connectivity index (χ0n) is 18.8. The van der Waals surface area contributed by atoms with Crippen molar-refractivity contribution in [2.24, 2.45) is 4.99 Å². The summed E-state index contributed by atoms with van der Waals surface area (Å²) in [5.41, 5.74) is 3.51. The molecule has 0 atom stereocenters. The second-order valence-corrected chi connectivity index (χ2v) is 7.24. The highest BCUT2D eigenvalue weighted by atomic mass is 16.5. The summed E-state index contributed by atoms with van der Waals surface area (Å²) in [6.45, 7) is 8.97. The van der Waals surface area contributed by atoms with Gasteiger partial charge in [-0.05, 0) is 56.0 Å². The molecule has 0 radical (unpaired) electrons. The molecule has 0 fully saturated rings. The Kier molecular flexibility index (Phi) is 10.0. The van der Waals surface area contributed by atoms with Crippen molar-refractivity contribution < 1.29 is 14.2 Å². The molecule has 6 heteroatoms. The highest BCUT2D eigenvalue weighted by molar-refractivity contribution is 5.79. The third kappa shape index (κ3) is 7.95. The van der Waals surface area contributed by atoms with Crippen LogP contribution in [0.4, 0.5) is 0 Å². The molecule has 0 aromatic heterocycles. The molecule has 0 unspecified atom stereocenters. The largest absolute Gasteiger partial charge is 0.493 e. The fourth-order valence-corrected chi connectivity index (χ4v) is 2.95. The van der Waals surface area contributed by atoms with Crippen LogP contribution in [-0.4, -0.2) is 39.4 Å². The van der Waals surface area contributed by atoms with E-state index in [2.05, 4.69) is 47.9 Å². The average Bonchev–Trinajstić information content (AvgIpc) is 2.76. The molecule has 0 aliphatic carbocycles. The first-order chi connectivity index (χ1) is 14.5. The Labute approximate surface area is 180 Å². The van der Waals surface area contributed by atoms with Crippen molar-refractivity contribution in [1.29, 1.82) is 0 Å². The summed E-state index contributed by atoms with van der Waals surface area (Å²) in [5, 5.41) is 6.71. The van der Waals surface area contributed by atoms with Crippen LogP contribution in [0.15, 0.2) is 47.5 Å². The predicted octanol–water partition coefficient (Wildman–Crippen LogP) is 3.93. The minimum absolute atomic E-state index is 0.224. The molecule has 2 aromatic rings. The second kappa shape index (κ2) is 12.8. The third-order valence-electron chi connectivity index (χ3n) is 4.49. The van der Waals surface area contributed by atoms with E-state index in [0.717, 1.165) is 42.5 Å². The Morgan fingerprint density at radius 3 is 2.40 bits per heavy atom. The molecule has 0 aliphatic heterocycles. The first-order valence-electron chi connectivity index (χ1n) is 10.5. The lowest BCUT2D eigenvalue weighted by Gasteiger charge is -2.13. The Bertz CT molecular complexity index is 806. The topological polar surface area (TPSA) is 64.1 Å². The van der Waals surface area contributed by atoms with E-state index >= 15 is 0 Å². The normalized spacial score (nSPS) is 11.5. The summed E-state index contributed by atoms with van der Waals surface area (Å²) in [6, 6.07) is 14.4. The van der Waals surface area contributed by atoms with E-state index in [9.17, 15) is 0 Å². The standard InChI is InChI=1S/C24H35N3O3/c1-6-25-24(26-13-12-19-10-11-22(28-4)23(15-19)29-5)27-16-20-8-7-9-21(14-20)17-30-18(2)3/h7-11,14-15,18H,6,12-13,16-17H2,1-5H3,(H2,25,26,27).